The molecule has 0 aromatic heterocycles. The summed E-state index contributed by atoms with van der Waals surface area (Å²) >= 11 is 0. The van der Waals surface area contributed by atoms with Crippen LogP contribution in [-0.2, 0) is 19.1 Å². The molecule has 0 radical (unpaired) electrons. The minimum Gasteiger partial charge on any atom is -0.396 e. The molecular formula is C25H40FN5O4. The van der Waals surface area contributed by atoms with Gasteiger partial charge in [0.25, 0.3) is 0 Å². The molecule has 35 heavy (non-hydrogen) atoms. The van der Waals surface area contributed by atoms with Gasteiger partial charge in [0, 0.05) is 68.4 Å². The first-order valence-corrected chi connectivity index (χ1v) is 13.3. The molecule has 9 nitrogen and oxygen atoms in total. The Bertz CT molecular complexity index is 822. The maximum Gasteiger partial charge on any atom is 0.401 e. The largest absolute Gasteiger partial charge is 0.401 e. The minimum absolute atomic E-state index is 0.0460. The standard InChI is InChI=1S/C25H40FN5O4/c1-3-29-10-11-30-15-19(31(13-12-29)17-24(33)35-25(26)34-23(32)16-30)14-22-21-9-7-5-4-6-8-20(21)18(2)27-28-22/h19-21,25H,3-17H2,1-2H3/i26-1. The molecule has 1 saturated carbocycles. The summed E-state index contributed by atoms with van der Waals surface area (Å²) in [6.07, 6.45) is 7.85. The van der Waals surface area contributed by atoms with E-state index in [4.69, 9.17) is 14.6 Å². The maximum atomic E-state index is 14.0. The first kappa shape index (κ1) is 26.2. The smallest absolute Gasteiger partial charge is 0.396 e. The van der Waals surface area contributed by atoms with Crippen LogP contribution in [0.25, 0.3) is 0 Å². The van der Waals surface area contributed by atoms with Crippen LogP contribution in [0.2, 0.25) is 0 Å². The van der Waals surface area contributed by atoms with Gasteiger partial charge in [-0.15, -0.1) is 0 Å². The summed E-state index contributed by atoms with van der Waals surface area (Å²) in [5.74, 6) is -0.663. The number of carbonyl (C=O) groups is 2. The van der Waals surface area contributed by atoms with Gasteiger partial charge in [0.2, 0.25) is 0 Å². The number of halogens is 1. The van der Waals surface area contributed by atoms with Crippen LogP contribution in [-0.4, -0.2) is 103 Å². The number of rotatable bonds is 3. The highest BCUT2D eigenvalue weighted by molar-refractivity contribution is 5.97. The van der Waals surface area contributed by atoms with Crippen LogP contribution in [0, 0.1) is 11.8 Å². The molecule has 2 bridgehead atoms. The lowest BCUT2D eigenvalue weighted by atomic mass is 9.75. The van der Waals surface area contributed by atoms with Gasteiger partial charge in [0.15, 0.2) is 0 Å². The molecule has 3 heterocycles. The van der Waals surface area contributed by atoms with Crippen LogP contribution in [0.5, 0.6) is 0 Å². The normalized spacial score (nSPS) is 36.0. The fourth-order valence-electron chi connectivity index (χ4n) is 5.98. The van der Waals surface area contributed by atoms with Crippen molar-refractivity contribution in [3.8, 4) is 0 Å². The van der Waals surface area contributed by atoms with Crippen LogP contribution in [0.1, 0.15) is 58.8 Å². The molecule has 0 N–H and O–H groups in total. The van der Waals surface area contributed by atoms with Crippen molar-refractivity contribution in [1.82, 2.24) is 14.7 Å². The summed E-state index contributed by atoms with van der Waals surface area (Å²) in [7, 11) is 0. The Balaban J connectivity index is 1.62. The number of ether oxygens (including phenoxy) is 2. The molecule has 6 atom stereocenters. The van der Waals surface area contributed by atoms with Crippen molar-refractivity contribution in [1.29, 1.82) is 0 Å². The Hall–Kier alpha value is -1.91. The van der Waals surface area contributed by atoms with Crippen LogP contribution >= 0.6 is 0 Å². The van der Waals surface area contributed by atoms with E-state index in [1.54, 1.807) is 0 Å². The summed E-state index contributed by atoms with van der Waals surface area (Å²) in [6, 6.07) is -0.0678. The maximum absolute atomic E-state index is 14.0. The highest BCUT2D eigenvalue weighted by atomic mass is 18.2. The van der Waals surface area contributed by atoms with E-state index < -0.39 is 18.5 Å². The van der Waals surface area contributed by atoms with Gasteiger partial charge in [-0.25, -0.2) is 0 Å². The SMILES string of the molecule is CCN1CCN2CC(=O)OC([18F])OC(=O)CN(CC1)C(CC1=NN=C(C)C3CCCCCCC13)C2. The van der Waals surface area contributed by atoms with Crippen LogP contribution in [0.3, 0.4) is 0 Å². The Morgan fingerprint density at radius 3 is 2.34 bits per heavy atom. The molecule has 0 spiro atoms. The molecule has 196 valence electrons. The molecule has 10 heteroatoms. The van der Waals surface area contributed by atoms with E-state index in [2.05, 4.69) is 28.7 Å². The fourth-order valence-corrected chi connectivity index (χ4v) is 5.98. The van der Waals surface area contributed by atoms with Gasteiger partial charge >= 0.3 is 18.5 Å². The number of hydrogen-bond donors (Lipinski definition) is 0. The minimum atomic E-state index is -2.37. The molecule has 4 aliphatic rings. The predicted octanol–water partition coefficient (Wildman–Crippen LogP) is 2.45. The third kappa shape index (κ3) is 7.07. The van der Waals surface area contributed by atoms with Crippen molar-refractivity contribution < 1.29 is 23.5 Å². The van der Waals surface area contributed by atoms with Crippen LogP contribution in [0.4, 0.5) is 4.39 Å². The molecule has 0 aromatic carbocycles. The van der Waals surface area contributed by atoms with Crippen LogP contribution < -0.4 is 0 Å². The average Bonchev–Trinajstić information content (AvgIpc) is 2.84. The number of cyclic esters (lactones) is 2. The predicted molar refractivity (Wildman–Crippen MR) is 131 cm³/mol. The Morgan fingerprint density at radius 2 is 1.60 bits per heavy atom. The quantitative estimate of drug-likeness (QED) is 0.560. The lowest BCUT2D eigenvalue weighted by molar-refractivity contribution is -0.219. The third-order valence-corrected chi connectivity index (χ3v) is 8.01. The topological polar surface area (TPSA) is 87.0 Å². The van der Waals surface area contributed by atoms with E-state index in [9.17, 15) is 14.0 Å². The first-order valence-electron chi connectivity index (χ1n) is 13.3. The Kier molecular flexibility index (Phi) is 9.24. The summed E-state index contributed by atoms with van der Waals surface area (Å²) < 4.78 is 23.5. The van der Waals surface area contributed by atoms with E-state index in [0.717, 1.165) is 43.9 Å². The number of esters is 2. The van der Waals surface area contributed by atoms with E-state index in [1.807, 2.05) is 4.90 Å². The second kappa shape index (κ2) is 12.4. The summed E-state index contributed by atoms with van der Waals surface area (Å²) in [5.41, 5.74) is 2.22. The molecule has 3 aliphatic heterocycles. The zero-order chi connectivity index (χ0) is 24.8. The molecular weight excluding hydrogens is 452 g/mol. The Labute approximate surface area is 207 Å². The summed E-state index contributed by atoms with van der Waals surface area (Å²) in [5, 5.41) is 9.25. The second-order valence-corrected chi connectivity index (χ2v) is 10.3. The monoisotopic (exact) mass is 492 g/mol. The van der Waals surface area contributed by atoms with Gasteiger partial charge in [-0.3, -0.25) is 19.4 Å². The molecule has 6 unspecified atom stereocenters. The van der Waals surface area contributed by atoms with E-state index in [-0.39, 0.29) is 19.1 Å². The number of hydrogen-bond acceptors (Lipinski definition) is 9. The summed E-state index contributed by atoms with van der Waals surface area (Å²) in [4.78, 5) is 31.4. The third-order valence-electron chi connectivity index (χ3n) is 8.01. The fraction of sp³-hybridized carbons (Fsp3) is 0.840. The molecule has 1 aliphatic carbocycles. The van der Waals surface area contributed by atoms with Crippen molar-refractivity contribution >= 4 is 23.4 Å². The van der Waals surface area contributed by atoms with E-state index >= 15 is 0 Å². The van der Waals surface area contributed by atoms with Crippen molar-refractivity contribution in [2.24, 2.45) is 22.0 Å². The number of nitrogens with zero attached hydrogens (tertiary/aromatic N) is 5. The van der Waals surface area contributed by atoms with E-state index in [0.29, 0.717) is 37.9 Å². The second-order valence-electron chi connectivity index (χ2n) is 10.3. The van der Waals surface area contributed by atoms with Crippen molar-refractivity contribution in [3.05, 3.63) is 0 Å². The van der Waals surface area contributed by atoms with Gasteiger partial charge in [-0.2, -0.15) is 14.6 Å². The lowest BCUT2D eigenvalue weighted by Gasteiger charge is -2.37. The van der Waals surface area contributed by atoms with Crippen molar-refractivity contribution in [3.63, 3.8) is 0 Å². The summed E-state index contributed by atoms with van der Waals surface area (Å²) in [6.45, 7) is 6.05. The highest BCUT2D eigenvalue weighted by Gasteiger charge is 2.36. The van der Waals surface area contributed by atoms with Gasteiger partial charge < -0.3 is 14.4 Å². The van der Waals surface area contributed by atoms with Crippen molar-refractivity contribution in [2.45, 2.75) is 71.4 Å². The number of carbonyl (C=O) groups excluding carboxylic acids is 2. The lowest BCUT2D eigenvalue weighted by Crippen LogP contribution is -2.49. The molecule has 4 rings (SSSR count). The zero-order valence-corrected chi connectivity index (χ0v) is 21.2. The number of fused-ring (bicyclic) bond motifs is 4. The zero-order valence-electron chi connectivity index (χ0n) is 21.2. The van der Waals surface area contributed by atoms with Crippen molar-refractivity contribution in [2.75, 3.05) is 52.4 Å². The number of likely N-dealkylation sites (N-methyl/N-ethyl adjacent to an activating group) is 1. The van der Waals surface area contributed by atoms with E-state index in [1.165, 1.54) is 25.7 Å². The van der Waals surface area contributed by atoms with Gasteiger partial charge in [-0.05, 0) is 26.3 Å². The number of alkyl halides is 1. The average molecular weight is 493 g/mol. The molecule has 0 amide bonds. The Morgan fingerprint density at radius 1 is 0.914 bits per heavy atom. The van der Waals surface area contributed by atoms with Gasteiger partial charge in [0.1, 0.15) is 0 Å². The molecule has 3 fully saturated rings. The van der Waals surface area contributed by atoms with Gasteiger partial charge in [-0.1, -0.05) is 32.6 Å². The first-order chi connectivity index (χ1) is 16.9. The van der Waals surface area contributed by atoms with Gasteiger partial charge in [0.05, 0.1) is 13.1 Å². The molecule has 2 saturated heterocycles. The highest BCUT2D eigenvalue weighted by Crippen LogP contribution is 2.34. The van der Waals surface area contributed by atoms with Crippen LogP contribution in [0.15, 0.2) is 10.2 Å². The molecule has 0 aromatic rings.